The maximum absolute atomic E-state index is 12.4. The summed E-state index contributed by atoms with van der Waals surface area (Å²) in [6, 6.07) is 2.92. The van der Waals surface area contributed by atoms with Gasteiger partial charge < -0.3 is 15.0 Å². The highest BCUT2D eigenvalue weighted by Gasteiger charge is 2.38. The van der Waals surface area contributed by atoms with E-state index in [0.29, 0.717) is 13.1 Å². The average molecular weight is 398 g/mol. The molecule has 1 aliphatic rings. The van der Waals surface area contributed by atoms with Gasteiger partial charge in [0.15, 0.2) is 4.90 Å². The molecule has 2 rings (SSSR count). The Labute approximate surface area is 140 Å². The van der Waals surface area contributed by atoms with Gasteiger partial charge in [0.1, 0.15) is 5.25 Å². The van der Waals surface area contributed by atoms with Crippen LogP contribution in [0.15, 0.2) is 23.1 Å². The first kappa shape index (κ1) is 20.9. The van der Waals surface area contributed by atoms with Gasteiger partial charge in [0.2, 0.25) is 0 Å². The largest absolute Gasteiger partial charge is 0.611 e. The van der Waals surface area contributed by atoms with Crippen LogP contribution in [-0.2, 0) is 22.1 Å². The molecule has 0 aliphatic carbocycles. The minimum absolute atomic E-state index is 0.0655. The van der Waals surface area contributed by atoms with Gasteiger partial charge in [-0.1, -0.05) is 11.6 Å². The summed E-state index contributed by atoms with van der Waals surface area (Å²) in [6.07, 6.45) is -9.51. The molecule has 1 atom stereocenters. The summed E-state index contributed by atoms with van der Waals surface area (Å²) >= 11 is 4.39. The Balaban J connectivity index is 0.000000351. The molecule has 0 bridgehead atoms. The second-order valence-electron chi connectivity index (χ2n) is 4.52. The van der Waals surface area contributed by atoms with Crippen molar-refractivity contribution in [3.63, 3.8) is 0 Å². The van der Waals surface area contributed by atoms with Gasteiger partial charge in [-0.25, -0.2) is 4.79 Å². The molecule has 12 heteroatoms. The number of carboxylic acids is 1. The standard InChI is InChI=1S/C10H9ClF3NOS.C2HF3O2/c11-8-3-6(10(12,13)14)1-2-9(8)17(16)7-4-15-5-7;3-2(4,5)1(6)7/h1-3,7,15H,4-5H2;(H,6,7). The van der Waals surface area contributed by atoms with Gasteiger partial charge in [-0.15, -0.1) is 0 Å². The van der Waals surface area contributed by atoms with Crippen LogP contribution in [-0.4, -0.2) is 40.1 Å². The van der Waals surface area contributed by atoms with Crippen LogP contribution < -0.4 is 5.32 Å². The van der Waals surface area contributed by atoms with Gasteiger partial charge >= 0.3 is 18.3 Å². The highest BCUT2D eigenvalue weighted by molar-refractivity contribution is 7.92. The maximum Gasteiger partial charge on any atom is 0.490 e. The summed E-state index contributed by atoms with van der Waals surface area (Å²) in [5, 5.41) is 9.92. The number of nitrogens with one attached hydrogen (secondary N) is 1. The molecule has 1 saturated heterocycles. The highest BCUT2D eigenvalue weighted by Crippen LogP contribution is 2.34. The summed E-state index contributed by atoms with van der Waals surface area (Å²) in [5.41, 5.74) is -0.824. The number of halogens is 7. The summed E-state index contributed by atoms with van der Waals surface area (Å²) in [4.78, 5) is 9.17. The third-order valence-electron chi connectivity index (χ3n) is 2.77. The molecule has 0 saturated carbocycles. The van der Waals surface area contributed by atoms with Gasteiger partial charge in [0.05, 0.1) is 10.6 Å². The number of carboxylic acid groups (broad SMARTS) is 1. The lowest BCUT2D eigenvalue weighted by Gasteiger charge is -2.29. The smallest absolute Gasteiger partial charge is 0.490 e. The van der Waals surface area contributed by atoms with Crippen molar-refractivity contribution in [2.45, 2.75) is 22.5 Å². The normalized spacial score (nSPS) is 16.7. The minimum Gasteiger partial charge on any atom is -0.611 e. The molecule has 136 valence electrons. The zero-order valence-electron chi connectivity index (χ0n) is 11.5. The van der Waals surface area contributed by atoms with Crippen LogP contribution in [0.5, 0.6) is 0 Å². The zero-order valence-corrected chi connectivity index (χ0v) is 13.1. The topological polar surface area (TPSA) is 72.4 Å². The molecule has 1 aliphatic heterocycles. The summed E-state index contributed by atoms with van der Waals surface area (Å²) < 4.78 is 80.8. The third-order valence-corrected chi connectivity index (χ3v) is 4.92. The van der Waals surface area contributed by atoms with Crippen molar-refractivity contribution in [3.8, 4) is 0 Å². The van der Waals surface area contributed by atoms with Gasteiger partial charge in [0, 0.05) is 13.1 Å². The fourth-order valence-electron chi connectivity index (χ4n) is 1.43. The van der Waals surface area contributed by atoms with E-state index in [9.17, 15) is 30.9 Å². The van der Waals surface area contributed by atoms with Crippen molar-refractivity contribution in [2.24, 2.45) is 0 Å². The molecule has 0 radical (unpaired) electrons. The number of hydrogen-bond acceptors (Lipinski definition) is 3. The molecule has 1 fully saturated rings. The van der Waals surface area contributed by atoms with E-state index in [0.717, 1.165) is 12.1 Å². The van der Waals surface area contributed by atoms with Crippen LogP contribution in [0.1, 0.15) is 5.56 Å². The number of carbonyl (C=O) groups is 1. The molecule has 2 N–H and O–H groups in total. The molecule has 1 unspecified atom stereocenters. The molecular formula is C12H10ClF6NO3S. The van der Waals surface area contributed by atoms with Crippen molar-refractivity contribution in [2.75, 3.05) is 13.1 Å². The van der Waals surface area contributed by atoms with Crippen molar-refractivity contribution < 1.29 is 40.8 Å². The van der Waals surface area contributed by atoms with Gasteiger partial charge in [-0.05, 0) is 29.4 Å². The molecule has 1 aromatic carbocycles. The van der Waals surface area contributed by atoms with Crippen LogP contribution in [0.2, 0.25) is 5.02 Å². The molecule has 0 aromatic heterocycles. The maximum atomic E-state index is 12.4. The number of rotatable bonds is 2. The second-order valence-corrected chi connectivity index (χ2v) is 6.63. The van der Waals surface area contributed by atoms with Crippen molar-refractivity contribution >= 4 is 28.7 Å². The molecule has 1 aromatic rings. The third kappa shape index (κ3) is 5.72. The Kier molecular flexibility index (Phi) is 6.79. The van der Waals surface area contributed by atoms with Crippen molar-refractivity contribution in [1.82, 2.24) is 5.32 Å². The van der Waals surface area contributed by atoms with Crippen LogP contribution >= 0.6 is 11.6 Å². The SMILES string of the molecule is O=C(O)C(F)(F)F.[O-][S+](c1ccc(C(F)(F)F)cc1Cl)C1CNC1. The van der Waals surface area contributed by atoms with E-state index in [1.54, 1.807) is 0 Å². The van der Waals surface area contributed by atoms with E-state index >= 15 is 0 Å². The van der Waals surface area contributed by atoms with E-state index in [4.69, 9.17) is 21.5 Å². The molecule has 0 amide bonds. The predicted molar refractivity (Wildman–Crippen MR) is 73.2 cm³/mol. The average Bonchev–Trinajstić information content (AvgIpc) is 2.34. The number of hydrogen-bond donors (Lipinski definition) is 2. The molecule has 24 heavy (non-hydrogen) atoms. The number of alkyl halides is 6. The Bertz CT molecular complexity index is 591. The number of aliphatic carboxylic acids is 1. The molecular weight excluding hydrogens is 388 g/mol. The van der Waals surface area contributed by atoms with Gasteiger partial charge in [-0.3, -0.25) is 0 Å². The van der Waals surface area contributed by atoms with Crippen molar-refractivity contribution in [3.05, 3.63) is 28.8 Å². The first-order chi connectivity index (χ1) is 10.8. The number of benzene rings is 1. The molecule has 4 nitrogen and oxygen atoms in total. The van der Waals surface area contributed by atoms with E-state index in [1.807, 2.05) is 0 Å². The van der Waals surface area contributed by atoms with Crippen LogP contribution in [0.25, 0.3) is 0 Å². The summed E-state index contributed by atoms with van der Waals surface area (Å²) in [5.74, 6) is -2.76. The summed E-state index contributed by atoms with van der Waals surface area (Å²) in [7, 11) is 0. The molecule has 1 heterocycles. The zero-order chi connectivity index (χ0) is 18.7. The van der Waals surface area contributed by atoms with Crippen LogP contribution in [0, 0.1) is 0 Å². The van der Waals surface area contributed by atoms with Gasteiger partial charge in [-0.2, -0.15) is 26.3 Å². The quantitative estimate of drug-likeness (QED) is 0.594. The fourth-order valence-corrected chi connectivity index (χ4v) is 3.19. The Hall–Kier alpha value is -1.17. The second kappa shape index (κ2) is 7.81. The monoisotopic (exact) mass is 397 g/mol. The summed E-state index contributed by atoms with van der Waals surface area (Å²) in [6.45, 7) is 1.20. The first-order valence-corrected chi connectivity index (χ1v) is 7.71. The van der Waals surface area contributed by atoms with E-state index in [-0.39, 0.29) is 15.2 Å². The lowest BCUT2D eigenvalue weighted by Crippen LogP contribution is -2.51. The van der Waals surface area contributed by atoms with E-state index < -0.39 is 35.1 Å². The van der Waals surface area contributed by atoms with Crippen molar-refractivity contribution in [1.29, 1.82) is 0 Å². The van der Waals surface area contributed by atoms with Crippen LogP contribution in [0.4, 0.5) is 26.3 Å². The highest BCUT2D eigenvalue weighted by atomic mass is 35.5. The fraction of sp³-hybridized carbons (Fsp3) is 0.417. The minimum atomic E-state index is -5.08. The lowest BCUT2D eigenvalue weighted by molar-refractivity contribution is -0.192. The lowest BCUT2D eigenvalue weighted by atomic mass is 10.2. The van der Waals surface area contributed by atoms with Crippen LogP contribution in [0.3, 0.4) is 0 Å². The predicted octanol–water partition coefficient (Wildman–Crippen LogP) is 3.07. The van der Waals surface area contributed by atoms with E-state index in [2.05, 4.69) is 5.32 Å². The Morgan fingerprint density at radius 2 is 1.75 bits per heavy atom. The first-order valence-electron chi connectivity index (χ1n) is 6.12. The Morgan fingerprint density at radius 1 is 1.25 bits per heavy atom. The Morgan fingerprint density at radius 3 is 2.04 bits per heavy atom. The van der Waals surface area contributed by atoms with E-state index in [1.165, 1.54) is 6.07 Å². The molecule has 0 spiro atoms. The van der Waals surface area contributed by atoms with Gasteiger partial charge in [0.25, 0.3) is 0 Å².